The zero-order valence-electron chi connectivity index (χ0n) is 14.4. The molecule has 0 aliphatic rings. The van der Waals surface area contributed by atoms with E-state index >= 15 is 0 Å². The fourth-order valence-corrected chi connectivity index (χ4v) is 2.19. The quantitative estimate of drug-likeness (QED) is 0.636. The first-order valence-corrected chi connectivity index (χ1v) is 8.31. The smallest absolute Gasteiger partial charge is 0.423 e. The standard InChI is InChI=1S/C18H22F3N3O/c1-3-4-5-6-11-25-16-15(18(19,20)21)12-22-17(24-16)23-14-9-7-13(2)8-10-14/h7-10,12H,3-6,11H2,1-2H3,(H,22,23,24). The normalized spacial score (nSPS) is 11.4. The van der Waals surface area contributed by atoms with Crippen molar-refractivity contribution in [2.24, 2.45) is 0 Å². The molecule has 25 heavy (non-hydrogen) atoms. The number of halogens is 3. The van der Waals surface area contributed by atoms with E-state index in [9.17, 15) is 13.2 Å². The van der Waals surface area contributed by atoms with E-state index in [4.69, 9.17) is 4.74 Å². The van der Waals surface area contributed by atoms with Gasteiger partial charge in [0.25, 0.3) is 0 Å². The first-order chi connectivity index (χ1) is 11.9. The number of nitrogens with zero attached hydrogens (tertiary/aromatic N) is 2. The van der Waals surface area contributed by atoms with E-state index in [1.54, 1.807) is 0 Å². The van der Waals surface area contributed by atoms with Gasteiger partial charge in [0.05, 0.1) is 6.61 Å². The highest BCUT2D eigenvalue weighted by molar-refractivity contribution is 5.54. The van der Waals surface area contributed by atoms with Gasteiger partial charge in [-0.1, -0.05) is 43.9 Å². The van der Waals surface area contributed by atoms with E-state index in [1.165, 1.54) is 0 Å². The molecule has 0 radical (unpaired) electrons. The summed E-state index contributed by atoms with van der Waals surface area (Å²) in [7, 11) is 0. The second kappa shape index (κ2) is 8.69. The Hall–Kier alpha value is -2.31. The summed E-state index contributed by atoms with van der Waals surface area (Å²) in [6, 6.07) is 7.39. The molecule has 136 valence electrons. The van der Waals surface area contributed by atoms with Crippen LogP contribution in [-0.2, 0) is 6.18 Å². The molecule has 2 aromatic rings. The Morgan fingerprint density at radius 1 is 1.08 bits per heavy atom. The average molecular weight is 353 g/mol. The number of unbranched alkanes of at least 4 members (excludes halogenated alkanes) is 3. The van der Waals surface area contributed by atoms with Gasteiger partial charge in [0.1, 0.15) is 5.56 Å². The summed E-state index contributed by atoms with van der Waals surface area (Å²) in [6.45, 7) is 4.21. The maximum atomic E-state index is 13.1. The lowest BCUT2D eigenvalue weighted by molar-refractivity contribution is -0.139. The van der Waals surface area contributed by atoms with Crippen molar-refractivity contribution in [1.29, 1.82) is 0 Å². The third kappa shape index (κ3) is 5.92. The first kappa shape index (κ1) is 19.0. The van der Waals surface area contributed by atoms with E-state index in [1.807, 2.05) is 31.2 Å². The van der Waals surface area contributed by atoms with E-state index in [-0.39, 0.29) is 12.6 Å². The molecule has 0 saturated carbocycles. The second-order valence-corrected chi connectivity index (χ2v) is 5.81. The number of rotatable bonds is 8. The van der Waals surface area contributed by atoms with Gasteiger partial charge in [-0.15, -0.1) is 0 Å². The Morgan fingerprint density at radius 2 is 1.80 bits per heavy atom. The lowest BCUT2D eigenvalue weighted by Gasteiger charge is -2.14. The number of alkyl halides is 3. The Kier molecular flexibility index (Phi) is 6.61. The lowest BCUT2D eigenvalue weighted by Crippen LogP contribution is -2.13. The zero-order valence-corrected chi connectivity index (χ0v) is 14.4. The number of hydrogen-bond acceptors (Lipinski definition) is 4. The van der Waals surface area contributed by atoms with Gasteiger partial charge in [-0.25, -0.2) is 4.98 Å². The van der Waals surface area contributed by atoms with E-state index in [0.29, 0.717) is 12.1 Å². The average Bonchev–Trinajstić information content (AvgIpc) is 2.56. The first-order valence-electron chi connectivity index (χ1n) is 8.31. The van der Waals surface area contributed by atoms with Crippen molar-refractivity contribution in [3.8, 4) is 5.88 Å². The van der Waals surface area contributed by atoms with Gasteiger partial charge in [-0.05, 0) is 25.5 Å². The summed E-state index contributed by atoms with van der Waals surface area (Å²) in [5, 5.41) is 2.89. The third-order valence-electron chi connectivity index (χ3n) is 3.60. The SMILES string of the molecule is CCCCCCOc1nc(Nc2ccc(C)cc2)ncc1C(F)(F)F. The molecule has 0 aliphatic heterocycles. The number of anilines is 2. The van der Waals surface area contributed by atoms with Crippen LogP contribution in [0.15, 0.2) is 30.5 Å². The second-order valence-electron chi connectivity index (χ2n) is 5.81. The van der Waals surface area contributed by atoms with Crippen LogP contribution in [0.3, 0.4) is 0 Å². The summed E-state index contributed by atoms with van der Waals surface area (Å²) in [4.78, 5) is 7.67. The minimum atomic E-state index is -4.55. The summed E-state index contributed by atoms with van der Waals surface area (Å²) < 4.78 is 44.6. The van der Waals surface area contributed by atoms with Gasteiger partial charge in [0.15, 0.2) is 0 Å². The van der Waals surface area contributed by atoms with Crippen molar-refractivity contribution in [3.05, 3.63) is 41.6 Å². The van der Waals surface area contributed by atoms with E-state index in [0.717, 1.165) is 31.0 Å². The molecule has 4 nitrogen and oxygen atoms in total. The van der Waals surface area contributed by atoms with Crippen molar-refractivity contribution >= 4 is 11.6 Å². The summed E-state index contributed by atoms with van der Waals surface area (Å²) >= 11 is 0. The third-order valence-corrected chi connectivity index (χ3v) is 3.60. The van der Waals surface area contributed by atoms with E-state index < -0.39 is 17.6 Å². The molecule has 7 heteroatoms. The number of nitrogens with one attached hydrogen (secondary N) is 1. The fraction of sp³-hybridized carbons (Fsp3) is 0.444. The molecule has 1 N–H and O–H groups in total. The van der Waals surface area contributed by atoms with Crippen molar-refractivity contribution in [3.63, 3.8) is 0 Å². The highest BCUT2D eigenvalue weighted by Crippen LogP contribution is 2.35. The van der Waals surface area contributed by atoms with Crippen LogP contribution >= 0.6 is 0 Å². The van der Waals surface area contributed by atoms with Crippen molar-refractivity contribution < 1.29 is 17.9 Å². The number of aromatic nitrogens is 2. The van der Waals surface area contributed by atoms with Crippen molar-refractivity contribution in [2.45, 2.75) is 45.7 Å². The largest absolute Gasteiger partial charge is 0.477 e. The Morgan fingerprint density at radius 3 is 2.44 bits per heavy atom. The number of aryl methyl sites for hydroxylation is 1. The zero-order chi connectivity index (χ0) is 18.3. The number of ether oxygens (including phenoxy) is 1. The van der Waals surface area contributed by atoms with Crippen LogP contribution in [0.5, 0.6) is 5.88 Å². The highest BCUT2D eigenvalue weighted by atomic mass is 19.4. The molecule has 0 aliphatic carbocycles. The Labute approximate surface area is 145 Å². The summed E-state index contributed by atoms with van der Waals surface area (Å²) in [6.07, 6.45) is -0.120. The van der Waals surface area contributed by atoms with Crippen LogP contribution < -0.4 is 10.1 Å². The molecule has 0 bridgehead atoms. The summed E-state index contributed by atoms with van der Waals surface area (Å²) in [5.74, 6) is -0.367. The highest BCUT2D eigenvalue weighted by Gasteiger charge is 2.36. The predicted octanol–water partition coefficient (Wildman–Crippen LogP) is 5.51. The summed E-state index contributed by atoms with van der Waals surface area (Å²) in [5.41, 5.74) is 0.812. The minimum Gasteiger partial charge on any atom is -0.477 e. The van der Waals surface area contributed by atoms with Gasteiger partial charge in [-0.2, -0.15) is 18.2 Å². The van der Waals surface area contributed by atoms with Gasteiger partial charge in [0, 0.05) is 11.9 Å². The maximum Gasteiger partial charge on any atom is 0.423 e. The van der Waals surface area contributed by atoms with Crippen molar-refractivity contribution in [2.75, 3.05) is 11.9 Å². The molecule has 1 aromatic carbocycles. The van der Waals surface area contributed by atoms with Crippen LogP contribution in [0, 0.1) is 6.92 Å². The molecular weight excluding hydrogens is 331 g/mol. The fourth-order valence-electron chi connectivity index (χ4n) is 2.19. The molecule has 0 unspecified atom stereocenters. The molecule has 0 fully saturated rings. The molecule has 1 heterocycles. The molecule has 2 rings (SSSR count). The minimum absolute atomic E-state index is 0.0698. The molecule has 1 aromatic heterocycles. The van der Waals surface area contributed by atoms with E-state index in [2.05, 4.69) is 22.2 Å². The Balaban J connectivity index is 2.13. The maximum absolute atomic E-state index is 13.1. The monoisotopic (exact) mass is 353 g/mol. The van der Waals surface area contributed by atoms with Crippen LogP contribution in [0.4, 0.5) is 24.8 Å². The van der Waals surface area contributed by atoms with Crippen LogP contribution in [0.25, 0.3) is 0 Å². The number of benzene rings is 1. The topological polar surface area (TPSA) is 47.0 Å². The van der Waals surface area contributed by atoms with Crippen LogP contribution in [-0.4, -0.2) is 16.6 Å². The van der Waals surface area contributed by atoms with Crippen LogP contribution in [0.2, 0.25) is 0 Å². The van der Waals surface area contributed by atoms with Gasteiger partial charge >= 0.3 is 6.18 Å². The number of hydrogen-bond donors (Lipinski definition) is 1. The molecule has 0 saturated heterocycles. The Bertz CT molecular complexity index is 672. The molecular formula is C18H22F3N3O. The van der Waals surface area contributed by atoms with Crippen LogP contribution in [0.1, 0.15) is 43.7 Å². The van der Waals surface area contributed by atoms with Gasteiger partial charge in [-0.3, -0.25) is 0 Å². The molecule has 0 atom stereocenters. The van der Waals surface area contributed by atoms with Gasteiger partial charge < -0.3 is 10.1 Å². The van der Waals surface area contributed by atoms with Gasteiger partial charge in [0.2, 0.25) is 11.8 Å². The lowest BCUT2D eigenvalue weighted by atomic mass is 10.2. The predicted molar refractivity (Wildman–Crippen MR) is 91.1 cm³/mol. The molecule has 0 amide bonds. The molecule has 0 spiro atoms. The van der Waals surface area contributed by atoms with Crippen molar-refractivity contribution in [1.82, 2.24) is 9.97 Å².